The predicted molar refractivity (Wildman–Crippen MR) is 74.5 cm³/mol. The SMILES string of the molecule is CC(C)c1ccc(S(=O)(=O)N2CCC(CO)C2)cc1. The third-order valence-corrected chi connectivity index (χ3v) is 5.57. The van der Waals surface area contributed by atoms with E-state index < -0.39 is 10.0 Å². The van der Waals surface area contributed by atoms with Crippen molar-refractivity contribution in [3.63, 3.8) is 0 Å². The second-order valence-corrected chi connectivity index (χ2v) is 7.36. The van der Waals surface area contributed by atoms with Crippen molar-refractivity contribution >= 4 is 10.0 Å². The highest BCUT2D eigenvalue weighted by Gasteiger charge is 2.32. The van der Waals surface area contributed by atoms with Crippen molar-refractivity contribution in [3.05, 3.63) is 29.8 Å². The molecule has 106 valence electrons. The zero-order valence-electron chi connectivity index (χ0n) is 11.4. The van der Waals surface area contributed by atoms with Crippen molar-refractivity contribution in [2.24, 2.45) is 5.92 Å². The van der Waals surface area contributed by atoms with E-state index in [1.165, 1.54) is 4.31 Å². The van der Waals surface area contributed by atoms with Crippen LogP contribution in [-0.4, -0.2) is 37.5 Å². The number of hydrogen-bond acceptors (Lipinski definition) is 3. The van der Waals surface area contributed by atoms with E-state index in [1.807, 2.05) is 12.1 Å². The topological polar surface area (TPSA) is 57.6 Å². The van der Waals surface area contributed by atoms with Gasteiger partial charge in [0.2, 0.25) is 10.0 Å². The van der Waals surface area contributed by atoms with Crippen LogP contribution >= 0.6 is 0 Å². The van der Waals surface area contributed by atoms with Crippen LogP contribution in [0.25, 0.3) is 0 Å². The summed E-state index contributed by atoms with van der Waals surface area (Å²) in [5.41, 5.74) is 1.13. The monoisotopic (exact) mass is 283 g/mol. The molecule has 4 nitrogen and oxygen atoms in total. The lowest BCUT2D eigenvalue weighted by molar-refractivity contribution is 0.233. The van der Waals surface area contributed by atoms with Crippen LogP contribution in [-0.2, 0) is 10.0 Å². The Hall–Kier alpha value is -0.910. The summed E-state index contributed by atoms with van der Waals surface area (Å²) in [4.78, 5) is 0.343. The number of benzene rings is 1. The number of hydrogen-bond donors (Lipinski definition) is 1. The molecule has 1 aromatic rings. The van der Waals surface area contributed by atoms with Crippen LogP contribution in [0.2, 0.25) is 0 Å². The lowest BCUT2D eigenvalue weighted by Gasteiger charge is -2.16. The van der Waals surface area contributed by atoms with E-state index >= 15 is 0 Å². The molecule has 1 unspecified atom stereocenters. The van der Waals surface area contributed by atoms with Gasteiger partial charge in [-0.05, 0) is 36.0 Å². The molecule has 0 aliphatic carbocycles. The fourth-order valence-corrected chi connectivity index (χ4v) is 3.87. The Kier molecular flexibility index (Phi) is 4.28. The molecule has 0 aromatic heterocycles. The fraction of sp³-hybridized carbons (Fsp3) is 0.571. The highest BCUT2D eigenvalue weighted by atomic mass is 32.2. The Morgan fingerprint density at radius 2 is 1.95 bits per heavy atom. The van der Waals surface area contributed by atoms with E-state index in [0.717, 1.165) is 12.0 Å². The van der Waals surface area contributed by atoms with E-state index in [0.29, 0.717) is 23.9 Å². The minimum absolute atomic E-state index is 0.0539. The molecule has 5 heteroatoms. The van der Waals surface area contributed by atoms with Gasteiger partial charge >= 0.3 is 0 Å². The molecular weight excluding hydrogens is 262 g/mol. The second kappa shape index (κ2) is 5.61. The van der Waals surface area contributed by atoms with E-state index in [1.54, 1.807) is 12.1 Å². The first kappa shape index (κ1) is 14.5. The van der Waals surface area contributed by atoms with Gasteiger partial charge in [0.05, 0.1) is 4.90 Å². The molecule has 0 spiro atoms. The van der Waals surface area contributed by atoms with Crippen molar-refractivity contribution < 1.29 is 13.5 Å². The van der Waals surface area contributed by atoms with Gasteiger partial charge in [0, 0.05) is 19.7 Å². The number of aliphatic hydroxyl groups excluding tert-OH is 1. The van der Waals surface area contributed by atoms with Crippen molar-refractivity contribution in [1.29, 1.82) is 0 Å². The Bertz CT molecular complexity index is 522. The zero-order chi connectivity index (χ0) is 14.0. The molecule has 1 heterocycles. The van der Waals surface area contributed by atoms with Gasteiger partial charge in [-0.2, -0.15) is 4.31 Å². The normalized spacial score (nSPS) is 21.2. The molecule has 1 atom stereocenters. The Balaban J connectivity index is 2.20. The number of aliphatic hydroxyl groups is 1. The molecule has 0 amide bonds. The predicted octanol–water partition coefficient (Wildman–Crippen LogP) is 1.81. The van der Waals surface area contributed by atoms with Gasteiger partial charge in [-0.1, -0.05) is 26.0 Å². The average Bonchev–Trinajstić information content (AvgIpc) is 2.88. The summed E-state index contributed by atoms with van der Waals surface area (Å²) >= 11 is 0. The third-order valence-electron chi connectivity index (χ3n) is 3.69. The molecule has 1 fully saturated rings. The zero-order valence-corrected chi connectivity index (χ0v) is 12.2. The van der Waals surface area contributed by atoms with E-state index in [2.05, 4.69) is 13.8 Å². The number of nitrogens with zero attached hydrogens (tertiary/aromatic N) is 1. The maximum atomic E-state index is 12.4. The summed E-state index contributed by atoms with van der Waals surface area (Å²) in [7, 11) is -3.40. The van der Waals surface area contributed by atoms with E-state index in [9.17, 15) is 8.42 Å². The van der Waals surface area contributed by atoms with Crippen molar-refractivity contribution in [2.45, 2.75) is 31.1 Å². The Labute approximate surface area is 115 Å². The summed E-state index contributed by atoms with van der Waals surface area (Å²) in [6, 6.07) is 7.10. The Morgan fingerprint density at radius 3 is 2.42 bits per heavy atom. The molecule has 0 radical (unpaired) electrons. The number of sulfonamides is 1. The van der Waals surface area contributed by atoms with Gasteiger partial charge in [-0.3, -0.25) is 0 Å². The standard InChI is InChI=1S/C14H21NO3S/c1-11(2)13-3-5-14(6-4-13)19(17,18)15-8-7-12(9-15)10-16/h3-6,11-12,16H,7-10H2,1-2H3. The molecule has 1 aromatic carbocycles. The molecule has 1 N–H and O–H groups in total. The lowest BCUT2D eigenvalue weighted by Crippen LogP contribution is -2.29. The lowest BCUT2D eigenvalue weighted by atomic mass is 10.0. The average molecular weight is 283 g/mol. The molecule has 1 aliphatic rings. The fourth-order valence-electron chi connectivity index (χ4n) is 2.34. The van der Waals surface area contributed by atoms with Crippen LogP contribution in [0.1, 0.15) is 31.7 Å². The van der Waals surface area contributed by atoms with Gasteiger partial charge in [0.15, 0.2) is 0 Å². The molecule has 19 heavy (non-hydrogen) atoms. The largest absolute Gasteiger partial charge is 0.396 e. The Morgan fingerprint density at radius 1 is 1.32 bits per heavy atom. The smallest absolute Gasteiger partial charge is 0.243 e. The second-order valence-electron chi connectivity index (χ2n) is 5.42. The maximum absolute atomic E-state index is 12.4. The molecule has 1 saturated heterocycles. The van der Waals surface area contributed by atoms with Crippen molar-refractivity contribution in [1.82, 2.24) is 4.31 Å². The number of rotatable bonds is 4. The van der Waals surface area contributed by atoms with Crippen LogP contribution in [0.4, 0.5) is 0 Å². The minimum Gasteiger partial charge on any atom is -0.396 e. The van der Waals surface area contributed by atoms with Crippen molar-refractivity contribution in [3.8, 4) is 0 Å². The van der Waals surface area contributed by atoms with E-state index in [4.69, 9.17) is 5.11 Å². The molecule has 0 bridgehead atoms. The summed E-state index contributed by atoms with van der Waals surface area (Å²) in [6.07, 6.45) is 0.736. The molecular formula is C14H21NO3S. The van der Waals surface area contributed by atoms with Gasteiger partial charge < -0.3 is 5.11 Å². The summed E-state index contributed by atoms with van der Waals surface area (Å²) in [5.74, 6) is 0.465. The first-order valence-corrected chi connectivity index (χ1v) is 8.10. The minimum atomic E-state index is -3.40. The maximum Gasteiger partial charge on any atom is 0.243 e. The summed E-state index contributed by atoms with van der Waals surface area (Å²) in [6.45, 7) is 5.13. The van der Waals surface area contributed by atoms with Gasteiger partial charge in [-0.15, -0.1) is 0 Å². The van der Waals surface area contributed by atoms with Gasteiger partial charge in [-0.25, -0.2) is 8.42 Å². The van der Waals surface area contributed by atoms with Crippen LogP contribution in [0.5, 0.6) is 0 Å². The summed E-state index contributed by atoms with van der Waals surface area (Å²) in [5, 5.41) is 9.10. The van der Waals surface area contributed by atoms with Gasteiger partial charge in [0.25, 0.3) is 0 Å². The third kappa shape index (κ3) is 2.99. The van der Waals surface area contributed by atoms with Crippen LogP contribution in [0, 0.1) is 5.92 Å². The summed E-state index contributed by atoms with van der Waals surface area (Å²) < 4.78 is 26.3. The van der Waals surface area contributed by atoms with Crippen LogP contribution in [0.15, 0.2) is 29.2 Å². The highest BCUT2D eigenvalue weighted by molar-refractivity contribution is 7.89. The van der Waals surface area contributed by atoms with E-state index in [-0.39, 0.29) is 12.5 Å². The quantitative estimate of drug-likeness (QED) is 0.917. The van der Waals surface area contributed by atoms with Crippen molar-refractivity contribution in [2.75, 3.05) is 19.7 Å². The first-order chi connectivity index (χ1) is 8.95. The molecule has 0 saturated carbocycles. The molecule has 1 aliphatic heterocycles. The van der Waals surface area contributed by atoms with Gasteiger partial charge in [0.1, 0.15) is 0 Å². The first-order valence-electron chi connectivity index (χ1n) is 6.66. The molecule has 2 rings (SSSR count). The highest BCUT2D eigenvalue weighted by Crippen LogP contribution is 2.25. The van der Waals surface area contributed by atoms with Crippen LogP contribution < -0.4 is 0 Å². The van der Waals surface area contributed by atoms with Crippen LogP contribution in [0.3, 0.4) is 0 Å².